The summed E-state index contributed by atoms with van der Waals surface area (Å²) in [5, 5.41) is 9.90. The molecule has 1 aromatic heterocycles. The highest BCUT2D eigenvalue weighted by atomic mass is 16.3. The van der Waals surface area contributed by atoms with Crippen LogP contribution in [0.15, 0.2) is 65.5 Å². The van der Waals surface area contributed by atoms with Crippen LogP contribution in [0.1, 0.15) is 0 Å². The second kappa shape index (κ2) is 5.01. The summed E-state index contributed by atoms with van der Waals surface area (Å²) in [6, 6.07) is 18.4. The number of nitrogens with zero attached hydrogens (tertiary/aromatic N) is 1. The van der Waals surface area contributed by atoms with E-state index < -0.39 is 5.56 Å². The fraction of sp³-hybridized carbons (Fsp3) is 0. The zero-order valence-corrected chi connectivity index (χ0v) is 10.6. The number of hydrogen-bond acceptors (Lipinski definition) is 3. The molecular weight excluding hydrogens is 252 g/mol. The van der Waals surface area contributed by atoms with E-state index in [1.165, 1.54) is 0 Å². The highest BCUT2D eigenvalue weighted by molar-refractivity contribution is 5.68. The van der Waals surface area contributed by atoms with Gasteiger partial charge in [-0.15, -0.1) is 0 Å². The normalized spacial score (nSPS) is 10.4. The Morgan fingerprint density at radius 2 is 1.30 bits per heavy atom. The molecule has 0 spiro atoms. The predicted octanol–water partition coefficient (Wildman–Crippen LogP) is 2.81. The lowest BCUT2D eigenvalue weighted by Crippen LogP contribution is -2.12. The molecule has 0 saturated heterocycles. The number of rotatable bonds is 2. The van der Waals surface area contributed by atoms with Crippen molar-refractivity contribution in [3.63, 3.8) is 0 Å². The molecular formula is C16H12N2O2. The number of nitrogens with one attached hydrogen (secondary N) is 1. The Morgan fingerprint density at radius 1 is 0.800 bits per heavy atom. The van der Waals surface area contributed by atoms with Crippen molar-refractivity contribution in [2.75, 3.05) is 0 Å². The fourth-order valence-electron chi connectivity index (χ4n) is 2.03. The molecule has 0 aliphatic heterocycles. The van der Waals surface area contributed by atoms with Gasteiger partial charge in [0.25, 0.3) is 5.56 Å². The quantitative estimate of drug-likeness (QED) is 0.748. The van der Waals surface area contributed by atoms with Crippen LogP contribution in [0.2, 0.25) is 0 Å². The molecule has 0 aliphatic rings. The minimum Gasteiger partial charge on any atom is -0.493 e. The van der Waals surface area contributed by atoms with Crippen molar-refractivity contribution in [2.24, 2.45) is 0 Å². The molecule has 3 aromatic rings. The lowest BCUT2D eigenvalue weighted by Gasteiger charge is -2.06. The Labute approximate surface area is 115 Å². The maximum Gasteiger partial charge on any atom is 0.277 e. The molecule has 0 saturated carbocycles. The van der Waals surface area contributed by atoms with E-state index in [2.05, 4.69) is 9.97 Å². The largest absolute Gasteiger partial charge is 0.493 e. The molecule has 0 atom stereocenters. The van der Waals surface area contributed by atoms with E-state index in [1.807, 2.05) is 60.7 Å². The summed E-state index contributed by atoms with van der Waals surface area (Å²) in [4.78, 5) is 18.7. The lowest BCUT2D eigenvalue weighted by molar-refractivity contribution is 0.451. The fourth-order valence-corrected chi connectivity index (χ4v) is 2.03. The van der Waals surface area contributed by atoms with E-state index in [4.69, 9.17) is 0 Å². The first-order valence-corrected chi connectivity index (χ1v) is 6.20. The molecule has 0 radical (unpaired) electrons. The molecule has 20 heavy (non-hydrogen) atoms. The summed E-state index contributed by atoms with van der Waals surface area (Å²) >= 11 is 0. The van der Waals surface area contributed by atoms with Crippen molar-refractivity contribution >= 4 is 0 Å². The van der Waals surface area contributed by atoms with E-state index in [0.717, 1.165) is 5.56 Å². The third kappa shape index (κ3) is 2.19. The minimum absolute atomic E-state index is 0.221. The van der Waals surface area contributed by atoms with Gasteiger partial charge in [0, 0.05) is 11.1 Å². The Bertz CT molecular complexity index is 781. The Morgan fingerprint density at radius 3 is 1.85 bits per heavy atom. The van der Waals surface area contributed by atoms with Gasteiger partial charge in [-0.3, -0.25) is 9.78 Å². The third-order valence-electron chi connectivity index (χ3n) is 2.99. The molecule has 2 aromatic carbocycles. The monoisotopic (exact) mass is 264 g/mol. The minimum atomic E-state index is -0.409. The summed E-state index contributed by atoms with van der Waals surface area (Å²) in [7, 11) is 0. The SMILES string of the molecule is O=c1[nH]c(O)c(-c2ccccc2)nc1-c1ccccc1. The van der Waals surface area contributed by atoms with E-state index >= 15 is 0 Å². The zero-order chi connectivity index (χ0) is 13.9. The smallest absolute Gasteiger partial charge is 0.277 e. The van der Waals surface area contributed by atoms with Crippen LogP contribution in [0.3, 0.4) is 0 Å². The van der Waals surface area contributed by atoms with Crippen LogP contribution in [-0.2, 0) is 0 Å². The summed E-state index contributed by atoms with van der Waals surface area (Å²) in [5.41, 5.74) is 1.71. The van der Waals surface area contributed by atoms with E-state index in [9.17, 15) is 9.90 Å². The Balaban J connectivity index is 2.21. The second-order valence-electron chi connectivity index (χ2n) is 4.34. The molecule has 3 rings (SSSR count). The highest BCUT2D eigenvalue weighted by Crippen LogP contribution is 2.25. The first kappa shape index (κ1) is 12.2. The van der Waals surface area contributed by atoms with Crippen LogP contribution in [0, 0.1) is 0 Å². The Kier molecular flexibility index (Phi) is 3.05. The standard InChI is InChI=1S/C16H12N2O2/c19-15-13(11-7-3-1-4-8-11)17-14(16(20)18-15)12-9-5-2-6-10-12/h1-10H,(H2,18,19,20). The van der Waals surface area contributed by atoms with Gasteiger partial charge < -0.3 is 5.11 Å². The second-order valence-corrected chi connectivity index (χ2v) is 4.34. The predicted molar refractivity (Wildman–Crippen MR) is 77.4 cm³/mol. The van der Waals surface area contributed by atoms with E-state index in [1.54, 1.807) is 0 Å². The van der Waals surface area contributed by atoms with Gasteiger partial charge in [-0.2, -0.15) is 0 Å². The number of benzene rings is 2. The average molecular weight is 264 g/mol. The van der Waals surface area contributed by atoms with Crippen LogP contribution in [0.5, 0.6) is 5.88 Å². The van der Waals surface area contributed by atoms with Crippen LogP contribution < -0.4 is 5.56 Å². The number of aromatic hydroxyl groups is 1. The topological polar surface area (TPSA) is 66.0 Å². The summed E-state index contributed by atoms with van der Waals surface area (Å²) in [6.45, 7) is 0. The highest BCUT2D eigenvalue weighted by Gasteiger charge is 2.12. The third-order valence-corrected chi connectivity index (χ3v) is 2.99. The van der Waals surface area contributed by atoms with Gasteiger partial charge in [0.15, 0.2) is 0 Å². The molecule has 98 valence electrons. The zero-order valence-electron chi connectivity index (χ0n) is 10.6. The average Bonchev–Trinajstić information content (AvgIpc) is 2.49. The van der Waals surface area contributed by atoms with Gasteiger partial charge in [0.05, 0.1) is 0 Å². The molecule has 0 aliphatic carbocycles. The van der Waals surface area contributed by atoms with Crippen molar-refractivity contribution in [1.29, 1.82) is 0 Å². The van der Waals surface area contributed by atoms with Crippen molar-refractivity contribution in [1.82, 2.24) is 9.97 Å². The maximum absolute atomic E-state index is 11.9. The number of aromatic nitrogens is 2. The van der Waals surface area contributed by atoms with Gasteiger partial charge in [-0.25, -0.2) is 4.98 Å². The molecule has 0 fully saturated rings. The molecule has 2 N–H and O–H groups in total. The van der Waals surface area contributed by atoms with Gasteiger partial charge in [0.1, 0.15) is 11.4 Å². The van der Waals surface area contributed by atoms with Crippen molar-refractivity contribution in [3.05, 3.63) is 71.0 Å². The van der Waals surface area contributed by atoms with Gasteiger partial charge >= 0.3 is 0 Å². The van der Waals surface area contributed by atoms with E-state index in [-0.39, 0.29) is 5.88 Å². The summed E-state index contributed by atoms with van der Waals surface area (Å²) in [6.07, 6.45) is 0. The van der Waals surface area contributed by atoms with Crippen LogP contribution in [0.25, 0.3) is 22.5 Å². The maximum atomic E-state index is 11.9. The van der Waals surface area contributed by atoms with Gasteiger partial charge in [-0.05, 0) is 0 Å². The van der Waals surface area contributed by atoms with Crippen LogP contribution in [0.4, 0.5) is 0 Å². The molecule has 4 heteroatoms. The molecule has 1 heterocycles. The van der Waals surface area contributed by atoms with Crippen molar-refractivity contribution in [2.45, 2.75) is 0 Å². The number of H-pyrrole nitrogens is 1. The molecule has 0 amide bonds. The first-order chi connectivity index (χ1) is 9.75. The molecule has 0 bridgehead atoms. The number of hydrogen-bond donors (Lipinski definition) is 2. The van der Waals surface area contributed by atoms with Gasteiger partial charge in [0.2, 0.25) is 5.88 Å². The van der Waals surface area contributed by atoms with Crippen molar-refractivity contribution < 1.29 is 5.11 Å². The summed E-state index contributed by atoms with van der Waals surface area (Å²) < 4.78 is 0. The first-order valence-electron chi connectivity index (χ1n) is 6.20. The lowest BCUT2D eigenvalue weighted by atomic mass is 10.1. The van der Waals surface area contributed by atoms with Crippen LogP contribution >= 0.6 is 0 Å². The van der Waals surface area contributed by atoms with Crippen LogP contribution in [-0.4, -0.2) is 15.1 Å². The van der Waals surface area contributed by atoms with Crippen molar-refractivity contribution in [3.8, 4) is 28.4 Å². The molecule has 0 unspecified atom stereocenters. The number of aromatic amines is 1. The molecule has 4 nitrogen and oxygen atoms in total. The Hall–Kier alpha value is -2.88. The summed E-state index contributed by atoms with van der Waals surface area (Å²) in [5.74, 6) is -0.221. The van der Waals surface area contributed by atoms with E-state index in [0.29, 0.717) is 17.0 Å². The van der Waals surface area contributed by atoms with Gasteiger partial charge in [-0.1, -0.05) is 60.7 Å².